The molecule has 0 bridgehead atoms. The van der Waals surface area contributed by atoms with Crippen LogP contribution in [0.25, 0.3) is 0 Å². The lowest BCUT2D eigenvalue weighted by Crippen LogP contribution is -2.46. The summed E-state index contributed by atoms with van der Waals surface area (Å²) in [5.41, 5.74) is 7.12. The number of aromatic nitrogens is 3. The molecule has 4 rings (SSSR count). The molecule has 4 heterocycles. The number of rotatable bonds is 5. The third kappa shape index (κ3) is 5.25. The lowest BCUT2D eigenvalue weighted by Gasteiger charge is -2.37. The van der Waals surface area contributed by atoms with E-state index in [0.717, 1.165) is 43.3 Å². The minimum absolute atomic E-state index is 0.0535. The normalized spacial score (nSPS) is 18.8. The van der Waals surface area contributed by atoms with Crippen molar-refractivity contribution in [2.75, 3.05) is 31.9 Å². The summed E-state index contributed by atoms with van der Waals surface area (Å²) in [6.07, 6.45) is 8.32. The molecule has 2 aromatic rings. The molecule has 0 aliphatic carbocycles. The Hall–Kier alpha value is -2.44. The second kappa shape index (κ2) is 9.79. The van der Waals surface area contributed by atoms with E-state index in [9.17, 15) is 9.59 Å². The van der Waals surface area contributed by atoms with Crippen LogP contribution in [-0.2, 0) is 11.3 Å². The molecule has 0 aromatic carbocycles. The zero-order chi connectivity index (χ0) is 21.8. The molecule has 2 fully saturated rings. The van der Waals surface area contributed by atoms with Crippen molar-refractivity contribution in [3.05, 3.63) is 42.0 Å². The largest absolute Gasteiger partial charge is 0.368 e. The van der Waals surface area contributed by atoms with Crippen molar-refractivity contribution in [1.82, 2.24) is 24.8 Å². The third-order valence-electron chi connectivity index (χ3n) is 6.32. The van der Waals surface area contributed by atoms with Gasteiger partial charge in [-0.25, -0.2) is 9.97 Å². The van der Waals surface area contributed by atoms with E-state index >= 15 is 0 Å². The summed E-state index contributed by atoms with van der Waals surface area (Å²) in [5, 5.41) is 0.836. The average molecular weight is 440 g/mol. The van der Waals surface area contributed by atoms with Crippen LogP contribution in [0.4, 0.5) is 5.95 Å². The van der Waals surface area contributed by atoms with Gasteiger partial charge in [0.05, 0.1) is 0 Å². The van der Waals surface area contributed by atoms with Crippen molar-refractivity contribution < 1.29 is 9.59 Å². The van der Waals surface area contributed by atoms with Crippen LogP contribution in [0.5, 0.6) is 0 Å². The predicted molar refractivity (Wildman–Crippen MR) is 122 cm³/mol. The first-order valence-electron chi connectivity index (χ1n) is 10.8. The van der Waals surface area contributed by atoms with Gasteiger partial charge in [-0.3, -0.25) is 19.5 Å². The minimum atomic E-state index is -0.0535. The monoisotopic (exact) mass is 440 g/mol. The molecule has 8 nitrogen and oxygen atoms in total. The number of Topliss-reactive ketones (excluding diaryl/α,β-unsaturated/α-hetero) is 1. The standard InChI is InChI=1S/C22H29N6O2P/c23-22-25-12-15(13-26-22)14-27-8-3-17(4-9-27)21(30)28-10-5-16(6-11-28)20(29)19-18(31)2-1-7-24-19/h1-2,7,12-13,16-17H,3-6,8-11,14,31H2,(H2,23,25,26). The highest BCUT2D eigenvalue weighted by Gasteiger charge is 2.33. The van der Waals surface area contributed by atoms with E-state index in [1.807, 2.05) is 17.0 Å². The maximum atomic E-state index is 13.0. The van der Waals surface area contributed by atoms with Gasteiger partial charge in [-0.2, -0.15) is 0 Å². The van der Waals surface area contributed by atoms with Gasteiger partial charge in [-0.05, 0) is 50.1 Å². The molecule has 0 saturated carbocycles. The fraction of sp³-hybridized carbons (Fsp3) is 0.500. The number of anilines is 1. The number of nitrogen functional groups attached to an aromatic ring is 1. The first-order valence-corrected chi connectivity index (χ1v) is 11.4. The number of carbonyl (C=O) groups is 2. The first kappa shape index (κ1) is 21.8. The van der Waals surface area contributed by atoms with Crippen LogP contribution in [0, 0.1) is 11.8 Å². The highest BCUT2D eigenvalue weighted by atomic mass is 31.0. The number of hydrogen-bond acceptors (Lipinski definition) is 7. The molecule has 2 saturated heterocycles. The van der Waals surface area contributed by atoms with Crippen molar-refractivity contribution in [2.24, 2.45) is 11.8 Å². The lowest BCUT2D eigenvalue weighted by atomic mass is 9.89. The van der Waals surface area contributed by atoms with Gasteiger partial charge in [0, 0.05) is 55.6 Å². The Bertz CT molecular complexity index is 922. The van der Waals surface area contributed by atoms with Crippen LogP contribution in [-0.4, -0.2) is 62.6 Å². The molecule has 1 unspecified atom stereocenters. The Labute approximate surface area is 184 Å². The van der Waals surface area contributed by atoms with Crippen LogP contribution in [0.15, 0.2) is 30.7 Å². The van der Waals surface area contributed by atoms with E-state index in [1.165, 1.54) is 0 Å². The Morgan fingerprint density at radius 1 is 1.00 bits per heavy atom. The van der Waals surface area contributed by atoms with Crippen LogP contribution < -0.4 is 11.0 Å². The summed E-state index contributed by atoms with van der Waals surface area (Å²) in [6, 6.07) is 3.71. The Balaban J connectivity index is 1.24. The summed E-state index contributed by atoms with van der Waals surface area (Å²) < 4.78 is 0. The molecule has 1 atom stereocenters. The van der Waals surface area contributed by atoms with Gasteiger partial charge in [-0.1, -0.05) is 6.07 Å². The number of ketones is 1. The van der Waals surface area contributed by atoms with Crippen LogP contribution >= 0.6 is 9.24 Å². The highest BCUT2D eigenvalue weighted by molar-refractivity contribution is 7.27. The Morgan fingerprint density at radius 2 is 1.65 bits per heavy atom. The van der Waals surface area contributed by atoms with E-state index < -0.39 is 0 Å². The molecule has 9 heteroatoms. The molecule has 2 N–H and O–H groups in total. The number of likely N-dealkylation sites (tertiary alicyclic amines) is 2. The smallest absolute Gasteiger partial charge is 0.225 e. The third-order valence-corrected chi connectivity index (χ3v) is 6.78. The fourth-order valence-electron chi connectivity index (χ4n) is 4.48. The van der Waals surface area contributed by atoms with Gasteiger partial charge in [0.25, 0.3) is 0 Å². The van der Waals surface area contributed by atoms with E-state index in [2.05, 4.69) is 29.1 Å². The molecular formula is C22H29N6O2P. The summed E-state index contributed by atoms with van der Waals surface area (Å²) in [6.45, 7) is 3.84. The van der Waals surface area contributed by atoms with E-state index in [4.69, 9.17) is 5.73 Å². The van der Waals surface area contributed by atoms with Crippen molar-refractivity contribution >= 4 is 32.2 Å². The molecule has 2 aliphatic rings. The fourth-order valence-corrected chi connectivity index (χ4v) is 4.81. The summed E-state index contributed by atoms with van der Waals surface area (Å²) in [7, 11) is 2.59. The first-order chi connectivity index (χ1) is 15.0. The number of pyridine rings is 1. The zero-order valence-corrected chi connectivity index (χ0v) is 18.8. The van der Waals surface area contributed by atoms with Crippen LogP contribution in [0.1, 0.15) is 41.7 Å². The molecule has 0 spiro atoms. The summed E-state index contributed by atoms with van der Waals surface area (Å²) in [4.78, 5) is 42.5. The van der Waals surface area contributed by atoms with Gasteiger partial charge >= 0.3 is 0 Å². The maximum Gasteiger partial charge on any atom is 0.225 e. The molecule has 2 aliphatic heterocycles. The molecular weight excluding hydrogens is 411 g/mol. The van der Waals surface area contributed by atoms with E-state index in [1.54, 1.807) is 18.6 Å². The molecule has 164 valence electrons. The number of nitrogens with two attached hydrogens (primary N) is 1. The highest BCUT2D eigenvalue weighted by Crippen LogP contribution is 2.26. The number of amides is 1. The summed E-state index contributed by atoms with van der Waals surface area (Å²) >= 11 is 0. The molecule has 31 heavy (non-hydrogen) atoms. The van der Waals surface area contributed by atoms with Gasteiger partial charge in [0.2, 0.25) is 11.9 Å². The van der Waals surface area contributed by atoms with E-state index in [0.29, 0.717) is 31.6 Å². The molecule has 0 radical (unpaired) electrons. The van der Waals surface area contributed by atoms with Crippen molar-refractivity contribution in [3.63, 3.8) is 0 Å². The Morgan fingerprint density at radius 3 is 2.29 bits per heavy atom. The van der Waals surface area contributed by atoms with Gasteiger partial charge < -0.3 is 10.6 Å². The number of carbonyl (C=O) groups excluding carboxylic acids is 2. The van der Waals surface area contributed by atoms with Gasteiger partial charge in [-0.15, -0.1) is 9.24 Å². The van der Waals surface area contributed by atoms with Crippen molar-refractivity contribution in [3.8, 4) is 0 Å². The SMILES string of the molecule is Nc1ncc(CN2CCC(C(=O)N3CCC(C(=O)c4ncccc4P)CC3)CC2)cn1. The second-order valence-corrected chi connectivity index (χ2v) is 9.03. The summed E-state index contributed by atoms with van der Waals surface area (Å²) in [5.74, 6) is 0.638. The predicted octanol–water partition coefficient (Wildman–Crippen LogP) is 1.29. The zero-order valence-electron chi connectivity index (χ0n) is 17.6. The van der Waals surface area contributed by atoms with Crippen LogP contribution in [0.2, 0.25) is 0 Å². The number of nitrogens with zero attached hydrogens (tertiary/aromatic N) is 5. The quantitative estimate of drug-likeness (QED) is 0.552. The maximum absolute atomic E-state index is 13.0. The average Bonchev–Trinajstić information content (AvgIpc) is 2.81. The topological polar surface area (TPSA) is 105 Å². The molecule has 2 aromatic heterocycles. The van der Waals surface area contributed by atoms with Crippen LogP contribution in [0.3, 0.4) is 0 Å². The van der Waals surface area contributed by atoms with E-state index in [-0.39, 0.29) is 29.5 Å². The molecule has 1 amide bonds. The van der Waals surface area contributed by atoms with Crippen molar-refractivity contribution in [1.29, 1.82) is 0 Å². The second-order valence-electron chi connectivity index (χ2n) is 8.40. The van der Waals surface area contributed by atoms with Gasteiger partial charge in [0.1, 0.15) is 5.69 Å². The lowest BCUT2D eigenvalue weighted by molar-refractivity contribution is -0.138. The minimum Gasteiger partial charge on any atom is -0.368 e. The number of piperidine rings is 2. The van der Waals surface area contributed by atoms with Crippen molar-refractivity contribution in [2.45, 2.75) is 32.2 Å². The number of hydrogen-bond donors (Lipinski definition) is 1. The Kier molecular flexibility index (Phi) is 6.88. The van der Waals surface area contributed by atoms with Gasteiger partial charge in [0.15, 0.2) is 5.78 Å².